The van der Waals surface area contributed by atoms with Gasteiger partial charge < -0.3 is 33.9 Å². The smallest absolute Gasteiger partial charge is 0.332 e. The SMILES string of the molecule is CN(C)CCN1CC2=C(C1=O)[C@@H](c1ccc(C#N)cc1)N(CC(=O)CCC[N+](C)(C)CCCC(=O)CN1C(=O)N(c3cccc(C(F)(F)F)c3)C3=C(C(=O)N(CCN(C)C)C3)[C@H]1c1ccc(C#N)cc1)C(=O)N2c1cccc(C(F)(F)F)c1. The zero-order valence-electron chi connectivity index (χ0n) is 46.9. The predicted molar refractivity (Wildman–Crippen MR) is 294 cm³/mol. The molecule has 17 nitrogen and oxygen atoms in total. The Labute approximate surface area is 477 Å². The van der Waals surface area contributed by atoms with Crippen LogP contribution < -0.4 is 9.80 Å². The summed E-state index contributed by atoms with van der Waals surface area (Å²) in [6.45, 7) is 0.904. The van der Waals surface area contributed by atoms with Crippen molar-refractivity contribution in [3.8, 4) is 12.1 Å². The van der Waals surface area contributed by atoms with Gasteiger partial charge in [0.1, 0.15) is 0 Å². The van der Waals surface area contributed by atoms with Gasteiger partial charge in [-0.25, -0.2) is 9.59 Å². The maximum absolute atomic E-state index is 14.9. The van der Waals surface area contributed by atoms with Crippen LogP contribution in [0.5, 0.6) is 0 Å². The van der Waals surface area contributed by atoms with Crippen LogP contribution in [0.3, 0.4) is 0 Å². The number of nitrogens with zero attached hydrogens (tertiary/aromatic N) is 11. The molecule has 0 aliphatic carbocycles. The van der Waals surface area contributed by atoms with Crippen molar-refractivity contribution in [3.63, 3.8) is 0 Å². The molecule has 4 aliphatic rings. The summed E-state index contributed by atoms with van der Waals surface area (Å²) in [5.74, 6) is -1.73. The van der Waals surface area contributed by atoms with E-state index in [-0.39, 0.29) is 72.9 Å². The van der Waals surface area contributed by atoms with E-state index in [1.807, 2.05) is 64.2 Å². The second-order valence-corrected chi connectivity index (χ2v) is 22.3. The van der Waals surface area contributed by atoms with Gasteiger partial charge in [0, 0.05) is 51.9 Å². The standard InChI is InChI=1S/C60H64F6N11O6/c1-69(2)25-27-71-37-49-51(55(71)80)53(41-21-17-39(33-67)18-22-41)73(57(82)75(49)45-13-7-11-43(31-45)59(61,62)63)35-47(78)15-9-29-77(5,6)30-10-16-48(79)36-74-54(42-23-19-40(34-68)20-24-42)52-50(38-72(56(52)81)28-26-70(3)4)76(58(74)83)46-14-8-12-44(32-46)60(64,65)66/h7-8,11-14,17-24,31-32,53-54H,9-10,15-16,25-30,35-38H2,1-6H3/q+1/t53-,54-/m1/s1. The number of ketones is 2. The molecule has 6 amide bonds. The second-order valence-electron chi connectivity index (χ2n) is 22.3. The first kappa shape index (κ1) is 60.7. The summed E-state index contributed by atoms with van der Waals surface area (Å²) >= 11 is 0. The molecule has 0 N–H and O–H groups in total. The Bertz CT molecular complexity index is 3110. The summed E-state index contributed by atoms with van der Waals surface area (Å²) in [6, 6.07) is 21.0. The lowest BCUT2D eigenvalue weighted by Gasteiger charge is -2.41. The molecule has 8 rings (SSSR count). The molecule has 0 bridgehead atoms. The molecule has 23 heteroatoms. The van der Waals surface area contributed by atoms with Crippen molar-refractivity contribution in [3.05, 3.63) is 153 Å². The minimum atomic E-state index is -4.76. The molecule has 4 aromatic rings. The first-order valence-electron chi connectivity index (χ1n) is 27.0. The van der Waals surface area contributed by atoms with Gasteiger partial charge in [0.15, 0.2) is 11.6 Å². The van der Waals surface area contributed by atoms with Gasteiger partial charge in [-0.3, -0.25) is 29.0 Å². The first-order chi connectivity index (χ1) is 39.2. The van der Waals surface area contributed by atoms with Crippen LogP contribution in [0, 0.1) is 22.7 Å². The first-order valence-corrected chi connectivity index (χ1v) is 27.0. The van der Waals surface area contributed by atoms with Gasteiger partial charge in [0.2, 0.25) is 0 Å². The lowest BCUT2D eigenvalue weighted by Crippen LogP contribution is -2.52. The molecule has 83 heavy (non-hydrogen) atoms. The fourth-order valence-corrected chi connectivity index (χ4v) is 10.9. The van der Waals surface area contributed by atoms with Crippen molar-refractivity contribution < 1.29 is 59.6 Å². The Balaban J connectivity index is 0.986. The Hall–Kier alpha value is -8.38. The van der Waals surface area contributed by atoms with Crippen molar-refractivity contribution in [1.29, 1.82) is 10.5 Å². The van der Waals surface area contributed by atoms with Crippen LogP contribution in [0.15, 0.2) is 120 Å². The van der Waals surface area contributed by atoms with E-state index in [0.29, 0.717) is 65.8 Å². The van der Waals surface area contributed by atoms with Crippen LogP contribution in [-0.2, 0) is 31.5 Å². The Kier molecular flexibility index (Phi) is 18.0. The third-order valence-electron chi connectivity index (χ3n) is 15.3. The van der Waals surface area contributed by atoms with Crippen LogP contribution in [0.2, 0.25) is 0 Å². The van der Waals surface area contributed by atoms with Gasteiger partial charge in [0.05, 0.1) is 134 Å². The van der Waals surface area contributed by atoms with E-state index in [1.54, 1.807) is 24.3 Å². The highest BCUT2D eigenvalue weighted by Gasteiger charge is 2.51. The molecular formula is C60H64F6N11O6+. The number of benzene rings is 4. The van der Waals surface area contributed by atoms with Crippen LogP contribution in [0.4, 0.5) is 47.3 Å². The number of Topliss-reactive ketones (excluding diaryl/α,β-unsaturated/α-hetero) is 2. The third-order valence-corrected chi connectivity index (χ3v) is 15.3. The van der Waals surface area contributed by atoms with E-state index >= 15 is 0 Å². The highest BCUT2D eigenvalue weighted by Crippen LogP contribution is 2.46. The number of urea groups is 2. The number of alkyl halides is 6. The zero-order valence-corrected chi connectivity index (χ0v) is 46.9. The molecule has 0 radical (unpaired) electrons. The van der Waals surface area contributed by atoms with Crippen LogP contribution in [0.25, 0.3) is 0 Å². The molecule has 0 saturated carbocycles. The van der Waals surface area contributed by atoms with Crippen LogP contribution >= 0.6 is 0 Å². The van der Waals surface area contributed by atoms with Crippen molar-refractivity contribution >= 4 is 46.8 Å². The van der Waals surface area contributed by atoms with Crippen molar-refractivity contribution in [2.45, 2.75) is 50.1 Å². The molecule has 4 heterocycles. The molecule has 2 atom stereocenters. The van der Waals surface area contributed by atoms with Crippen molar-refractivity contribution in [1.82, 2.24) is 29.4 Å². The minimum absolute atomic E-state index is 0.0534. The molecule has 0 fully saturated rings. The average Bonchev–Trinajstić information content (AvgIpc) is 2.00. The van der Waals surface area contributed by atoms with Gasteiger partial charge in [-0.15, -0.1) is 0 Å². The maximum atomic E-state index is 14.9. The molecule has 436 valence electrons. The number of carbonyl (C=O) groups is 6. The summed E-state index contributed by atoms with van der Waals surface area (Å²) in [5.41, 5.74) is -0.319. The number of halogens is 6. The van der Waals surface area contributed by atoms with E-state index in [0.717, 1.165) is 34.1 Å². The highest BCUT2D eigenvalue weighted by molar-refractivity contribution is 6.09. The summed E-state index contributed by atoms with van der Waals surface area (Å²) in [6.07, 6.45) is -9.04. The number of quaternary nitrogens is 1. The highest BCUT2D eigenvalue weighted by atomic mass is 19.4. The lowest BCUT2D eigenvalue weighted by molar-refractivity contribution is -0.890. The largest absolute Gasteiger partial charge is 0.416 e. The van der Waals surface area contributed by atoms with E-state index < -0.39 is 84.1 Å². The van der Waals surface area contributed by atoms with Gasteiger partial charge in [-0.1, -0.05) is 36.4 Å². The third kappa shape index (κ3) is 13.4. The maximum Gasteiger partial charge on any atom is 0.416 e. The Morgan fingerprint density at radius 2 is 0.940 bits per heavy atom. The average molecular weight is 1150 g/mol. The number of hydrogen-bond acceptors (Lipinski definition) is 10. The summed E-state index contributed by atoms with van der Waals surface area (Å²) in [4.78, 5) is 98.5. The molecule has 0 spiro atoms. The van der Waals surface area contributed by atoms with E-state index in [4.69, 9.17) is 0 Å². The molecule has 4 aromatic carbocycles. The lowest BCUT2D eigenvalue weighted by atomic mass is 9.92. The number of anilines is 2. The Morgan fingerprint density at radius 3 is 1.27 bits per heavy atom. The Morgan fingerprint density at radius 1 is 0.578 bits per heavy atom. The number of rotatable bonds is 22. The number of nitriles is 2. The molecular weight excluding hydrogens is 1080 g/mol. The van der Waals surface area contributed by atoms with Gasteiger partial charge >= 0.3 is 24.4 Å². The second kappa shape index (κ2) is 24.6. The number of hydrogen-bond donors (Lipinski definition) is 0. The van der Waals surface area contributed by atoms with Gasteiger partial charge in [-0.05, 0) is 100.0 Å². The number of carbonyl (C=O) groups excluding carboxylic acids is 6. The molecule has 4 aliphatic heterocycles. The number of likely N-dealkylation sites (N-methyl/N-ethyl adjacent to an activating group) is 2. The monoisotopic (exact) mass is 1150 g/mol. The van der Waals surface area contributed by atoms with Crippen LogP contribution in [0.1, 0.15) is 71.1 Å². The molecule has 0 unspecified atom stereocenters. The fraction of sp³-hybridized carbons (Fsp3) is 0.400. The summed E-state index contributed by atoms with van der Waals surface area (Å²) in [5, 5.41) is 19.2. The van der Waals surface area contributed by atoms with E-state index in [2.05, 4.69) is 0 Å². The molecule has 0 aromatic heterocycles. The predicted octanol–water partition coefficient (Wildman–Crippen LogP) is 8.23. The van der Waals surface area contributed by atoms with E-state index in [9.17, 15) is 65.6 Å². The van der Waals surface area contributed by atoms with Crippen LogP contribution in [-0.4, -0.2) is 177 Å². The number of amides is 6. The topological polar surface area (TPSA) is 176 Å². The zero-order chi connectivity index (χ0) is 60.3. The molecule has 0 saturated heterocycles. The summed E-state index contributed by atoms with van der Waals surface area (Å²) < 4.78 is 85.1. The minimum Gasteiger partial charge on any atom is -0.332 e. The van der Waals surface area contributed by atoms with Crippen molar-refractivity contribution in [2.24, 2.45) is 0 Å². The summed E-state index contributed by atoms with van der Waals surface area (Å²) in [7, 11) is 11.1. The van der Waals surface area contributed by atoms with E-state index in [1.165, 1.54) is 68.1 Å². The normalized spacial score (nSPS) is 17.8. The van der Waals surface area contributed by atoms with Gasteiger partial charge in [0.25, 0.3) is 11.8 Å². The fourth-order valence-electron chi connectivity index (χ4n) is 10.9. The quantitative estimate of drug-likeness (QED) is 0.0551. The van der Waals surface area contributed by atoms with Gasteiger partial charge in [-0.2, -0.15) is 36.9 Å². The van der Waals surface area contributed by atoms with Crippen molar-refractivity contribution in [2.75, 3.05) is 118 Å².